The van der Waals surface area contributed by atoms with E-state index in [1.54, 1.807) is 6.33 Å². The molecule has 0 bridgehead atoms. The summed E-state index contributed by atoms with van der Waals surface area (Å²) in [6.45, 7) is 5.31. The second-order valence-electron chi connectivity index (χ2n) is 13.0. The maximum atomic E-state index is 13.9. The van der Waals surface area contributed by atoms with E-state index in [1.807, 2.05) is 30.0 Å². The Hall–Kier alpha value is -4.53. The van der Waals surface area contributed by atoms with Crippen molar-refractivity contribution >= 4 is 22.6 Å². The first-order valence-electron chi connectivity index (χ1n) is 16.4. The van der Waals surface area contributed by atoms with Crippen LogP contribution in [-0.2, 0) is 6.42 Å². The van der Waals surface area contributed by atoms with E-state index in [0.717, 1.165) is 64.1 Å². The van der Waals surface area contributed by atoms with Crippen molar-refractivity contribution in [2.75, 3.05) is 24.6 Å². The zero-order valence-corrected chi connectivity index (χ0v) is 26.6. The summed E-state index contributed by atoms with van der Waals surface area (Å²) in [5, 5.41) is 11.3. The quantitative estimate of drug-likeness (QED) is 0.157. The number of aliphatic hydroxyl groups is 1. The third-order valence-electron chi connectivity index (χ3n) is 9.51. The number of fused-ring (bicyclic) bond motifs is 2. The lowest BCUT2D eigenvalue weighted by Crippen LogP contribution is -2.33. The standard InChI is InChI=1S/C38H41N5O3/c1-24-29(6-3-7-33(24)43-19-20-46-34-21-28(26-12-13-26)14-15-30(34)37(43)44)35-31-22-32(42-36(31)41-23-40-35)27-10-8-25(9-11-27)5-4-16-38(2,45)17-18-39/h3,6-11,14-15,21-23,26,45H,4-5,12-13,16-20,39H2,1-2H3,(H,40,41,42). The van der Waals surface area contributed by atoms with Gasteiger partial charge in [0.05, 0.1) is 23.4 Å². The van der Waals surface area contributed by atoms with Gasteiger partial charge in [-0.2, -0.15) is 0 Å². The van der Waals surface area contributed by atoms with Crippen molar-refractivity contribution in [1.29, 1.82) is 0 Å². The first-order valence-corrected chi connectivity index (χ1v) is 16.4. The summed E-state index contributed by atoms with van der Waals surface area (Å²) in [7, 11) is 0. The molecule has 4 N–H and O–H groups in total. The number of amides is 1. The Kier molecular flexibility index (Phi) is 8.09. The second-order valence-corrected chi connectivity index (χ2v) is 13.0. The molecule has 1 unspecified atom stereocenters. The number of carbonyl (C=O) groups is 1. The Bertz CT molecular complexity index is 1890. The molecule has 1 aliphatic carbocycles. The molecule has 0 radical (unpaired) electrons. The minimum atomic E-state index is -0.711. The van der Waals surface area contributed by atoms with Crippen molar-refractivity contribution in [1.82, 2.24) is 15.0 Å². The molecule has 8 heteroatoms. The number of carbonyl (C=O) groups excluding carboxylic acids is 1. The summed E-state index contributed by atoms with van der Waals surface area (Å²) < 4.78 is 6.09. The fourth-order valence-corrected chi connectivity index (χ4v) is 6.67. The third kappa shape index (κ3) is 6.02. The molecule has 8 nitrogen and oxygen atoms in total. The van der Waals surface area contributed by atoms with E-state index in [-0.39, 0.29) is 5.91 Å². The van der Waals surface area contributed by atoms with Gasteiger partial charge >= 0.3 is 0 Å². The lowest BCUT2D eigenvalue weighted by molar-refractivity contribution is 0.0426. The molecule has 46 heavy (non-hydrogen) atoms. The highest BCUT2D eigenvalue weighted by Gasteiger charge is 2.30. The maximum absolute atomic E-state index is 13.9. The number of benzene rings is 3. The molecular formula is C38H41N5O3. The van der Waals surface area contributed by atoms with Crippen molar-refractivity contribution in [2.24, 2.45) is 5.73 Å². The topological polar surface area (TPSA) is 117 Å². The van der Waals surface area contributed by atoms with Crippen LogP contribution in [0.4, 0.5) is 5.69 Å². The average molecular weight is 616 g/mol. The lowest BCUT2D eigenvalue weighted by atomic mass is 9.94. The smallest absolute Gasteiger partial charge is 0.262 e. The van der Waals surface area contributed by atoms with Gasteiger partial charge in [0, 0.05) is 22.3 Å². The number of aryl methyl sites for hydroxylation is 1. The number of nitrogens with two attached hydrogens (primary N) is 1. The lowest BCUT2D eigenvalue weighted by Gasteiger charge is -2.23. The number of H-pyrrole nitrogens is 1. The van der Waals surface area contributed by atoms with Crippen molar-refractivity contribution in [3.05, 3.63) is 95.3 Å². The van der Waals surface area contributed by atoms with Gasteiger partial charge in [0.1, 0.15) is 24.3 Å². The Morgan fingerprint density at radius 3 is 2.65 bits per heavy atom. The van der Waals surface area contributed by atoms with E-state index < -0.39 is 5.60 Å². The highest BCUT2D eigenvalue weighted by molar-refractivity contribution is 6.09. The Morgan fingerprint density at radius 2 is 1.87 bits per heavy atom. The number of anilines is 1. The second kappa shape index (κ2) is 12.3. The van der Waals surface area contributed by atoms with Gasteiger partial charge in [-0.1, -0.05) is 42.5 Å². The van der Waals surface area contributed by atoms with E-state index >= 15 is 0 Å². The molecule has 1 amide bonds. The summed E-state index contributed by atoms with van der Waals surface area (Å²) in [5.41, 5.74) is 14.4. The largest absolute Gasteiger partial charge is 0.491 e. The fraction of sp³-hybridized carbons (Fsp3) is 0.342. The summed E-state index contributed by atoms with van der Waals surface area (Å²) in [6, 6.07) is 22.8. The first-order chi connectivity index (χ1) is 22.3. The van der Waals surface area contributed by atoms with Crippen molar-refractivity contribution in [3.8, 4) is 28.3 Å². The molecule has 2 aromatic heterocycles. The number of nitrogens with zero attached hydrogens (tertiary/aromatic N) is 3. The van der Waals surface area contributed by atoms with Gasteiger partial charge in [0.15, 0.2) is 0 Å². The van der Waals surface area contributed by atoms with Crippen LogP contribution in [-0.4, -0.2) is 51.3 Å². The van der Waals surface area contributed by atoms with Crippen LogP contribution >= 0.6 is 0 Å². The SMILES string of the molecule is Cc1c(-c2ncnc3[nH]c(-c4ccc(CCCC(C)(O)CCN)cc4)cc23)cccc1N1CCOc2cc(C3CC3)ccc2C1=O. The number of rotatable bonds is 10. The number of hydrogen-bond acceptors (Lipinski definition) is 6. The van der Waals surface area contributed by atoms with Crippen LogP contribution in [0.2, 0.25) is 0 Å². The minimum Gasteiger partial charge on any atom is -0.491 e. The van der Waals surface area contributed by atoms with E-state index in [1.165, 1.54) is 24.0 Å². The highest BCUT2D eigenvalue weighted by Crippen LogP contribution is 2.42. The van der Waals surface area contributed by atoms with Crippen LogP contribution in [0.15, 0.2) is 73.1 Å². The first kappa shape index (κ1) is 30.1. The maximum Gasteiger partial charge on any atom is 0.262 e. The normalized spacial score (nSPS) is 16.2. The Morgan fingerprint density at radius 1 is 1.04 bits per heavy atom. The predicted octanol–water partition coefficient (Wildman–Crippen LogP) is 6.94. The van der Waals surface area contributed by atoms with E-state index in [9.17, 15) is 9.90 Å². The van der Waals surface area contributed by atoms with Crippen LogP contribution in [0.5, 0.6) is 5.75 Å². The molecule has 1 saturated carbocycles. The number of ether oxygens (including phenoxy) is 1. The summed E-state index contributed by atoms with van der Waals surface area (Å²) >= 11 is 0. The molecule has 0 spiro atoms. The Balaban J connectivity index is 1.14. The van der Waals surface area contributed by atoms with Crippen LogP contribution < -0.4 is 15.4 Å². The van der Waals surface area contributed by atoms with Gasteiger partial charge in [-0.3, -0.25) is 4.79 Å². The molecule has 2 aliphatic rings. The van der Waals surface area contributed by atoms with E-state index in [0.29, 0.717) is 43.3 Å². The molecule has 3 heterocycles. The average Bonchev–Trinajstić information content (AvgIpc) is 3.83. The van der Waals surface area contributed by atoms with Gasteiger partial charge in [0.2, 0.25) is 0 Å². The molecular weight excluding hydrogens is 574 g/mol. The molecule has 3 aromatic carbocycles. The van der Waals surface area contributed by atoms with Gasteiger partial charge < -0.3 is 25.5 Å². The number of aromatic nitrogens is 3. The van der Waals surface area contributed by atoms with Crippen molar-refractivity contribution in [3.63, 3.8) is 0 Å². The minimum absolute atomic E-state index is 0.0451. The summed E-state index contributed by atoms with van der Waals surface area (Å²) in [5.74, 6) is 1.24. The monoisotopic (exact) mass is 615 g/mol. The molecule has 1 fully saturated rings. The summed E-state index contributed by atoms with van der Waals surface area (Å²) in [6.07, 6.45) is 7.14. The van der Waals surface area contributed by atoms with Crippen molar-refractivity contribution in [2.45, 2.75) is 63.9 Å². The van der Waals surface area contributed by atoms with Crippen molar-refractivity contribution < 1.29 is 14.6 Å². The highest BCUT2D eigenvalue weighted by atomic mass is 16.5. The van der Waals surface area contributed by atoms with Crippen LogP contribution in [0, 0.1) is 6.92 Å². The number of aromatic amines is 1. The third-order valence-corrected chi connectivity index (χ3v) is 9.51. The molecule has 1 aliphatic heterocycles. The van der Waals surface area contributed by atoms with Crippen LogP contribution in [0.1, 0.15) is 72.0 Å². The molecule has 0 saturated heterocycles. The molecule has 1 atom stereocenters. The predicted molar refractivity (Wildman–Crippen MR) is 182 cm³/mol. The molecule has 236 valence electrons. The van der Waals surface area contributed by atoms with Gasteiger partial charge in [-0.15, -0.1) is 0 Å². The van der Waals surface area contributed by atoms with E-state index in [4.69, 9.17) is 15.5 Å². The van der Waals surface area contributed by atoms with Gasteiger partial charge in [0.25, 0.3) is 5.91 Å². The van der Waals surface area contributed by atoms with Crippen LogP contribution in [0.3, 0.4) is 0 Å². The molecule has 5 aromatic rings. The number of nitrogens with one attached hydrogen (secondary N) is 1. The zero-order chi connectivity index (χ0) is 31.8. The zero-order valence-electron chi connectivity index (χ0n) is 26.6. The van der Waals surface area contributed by atoms with E-state index in [2.05, 4.69) is 65.4 Å². The fourth-order valence-electron chi connectivity index (χ4n) is 6.67. The van der Waals surface area contributed by atoms with Crippen LogP contribution in [0.25, 0.3) is 33.5 Å². The van der Waals surface area contributed by atoms with Gasteiger partial charge in [-0.05, 0) is 111 Å². The number of hydrogen-bond donors (Lipinski definition) is 3. The summed E-state index contributed by atoms with van der Waals surface area (Å²) in [4.78, 5) is 28.5. The van der Waals surface area contributed by atoms with Gasteiger partial charge in [-0.25, -0.2) is 9.97 Å². The Labute approximate surface area is 269 Å². The molecule has 7 rings (SSSR count).